The fourth-order valence-corrected chi connectivity index (χ4v) is 5.02. The molecule has 0 aliphatic carbocycles. The lowest BCUT2D eigenvalue weighted by Gasteiger charge is -2.28. The molecule has 0 saturated carbocycles. The highest BCUT2D eigenvalue weighted by molar-refractivity contribution is 7.10. The Bertz CT molecular complexity index is 909. The van der Waals surface area contributed by atoms with Gasteiger partial charge in [0, 0.05) is 4.88 Å². The maximum Gasteiger partial charge on any atom is 0.326 e. The third-order valence-electron chi connectivity index (χ3n) is 5.54. The first-order valence-electron chi connectivity index (χ1n) is 8.72. The van der Waals surface area contributed by atoms with Gasteiger partial charge in [-0.2, -0.15) is 0 Å². The van der Waals surface area contributed by atoms with Crippen molar-refractivity contribution in [1.82, 2.24) is 5.32 Å². The summed E-state index contributed by atoms with van der Waals surface area (Å²) >= 11 is 1.49. The van der Waals surface area contributed by atoms with Crippen LogP contribution in [0.25, 0.3) is 0 Å². The normalized spacial score (nSPS) is 29.9. The quantitative estimate of drug-likeness (QED) is 0.650. The Balaban J connectivity index is 1.81. The number of thiophene rings is 1. The number of rotatable bonds is 3. The highest BCUT2D eigenvalue weighted by atomic mass is 32.1. The summed E-state index contributed by atoms with van der Waals surface area (Å²) in [4.78, 5) is 41.3. The number of hydrogen-bond donors (Lipinski definition) is 1. The van der Waals surface area contributed by atoms with Gasteiger partial charge in [0.15, 0.2) is 0 Å². The van der Waals surface area contributed by atoms with Gasteiger partial charge in [0.05, 0.1) is 30.7 Å². The molecule has 2 saturated heterocycles. The van der Waals surface area contributed by atoms with Crippen LogP contribution in [-0.2, 0) is 19.1 Å². The number of ether oxygens (including phenoxy) is 1. The molecule has 1 aromatic heterocycles. The predicted molar refractivity (Wildman–Crippen MR) is 101 cm³/mol. The van der Waals surface area contributed by atoms with Crippen molar-refractivity contribution in [3.63, 3.8) is 0 Å². The number of amides is 2. The van der Waals surface area contributed by atoms with Crippen LogP contribution >= 0.6 is 11.3 Å². The van der Waals surface area contributed by atoms with E-state index >= 15 is 0 Å². The molecule has 2 fully saturated rings. The summed E-state index contributed by atoms with van der Waals surface area (Å²) in [5.74, 6) is -2.66. The fraction of sp³-hybridized carbons (Fsp3) is 0.350. The van der Waals surface area contributed by atoms with Crippen molar-refractivity contribution in [3.8, 4) is 0 Å². The molecule has 1 aromatic carbocycles. The predicted octanol–water partition coefficient (Wildman–Crippen LogP) is 2.44. The molecule has 27 heavy (non-hydrogen) atoms. The molecule has 2 aliphatic heterocycles. The van der Waals surface area contributed by atoms with Gasteiger partial charge in [-0.1, -0.05) is 23.8 Å². The number of esters is 1. The second kappa shape index (κ2) is 6.28. The van der Waals surface area contributed by atoms with E-state index in [0.29, 0.717) is 5.69 Å². The zero-order valence-corrected chi connectivity index (χ0v) is 16.1. The van der Waals surface area contributed by atoms with Crippen LogP contribution in [0.2, 0.25) is 0 Å². The SMILES string of the molecule is COC(=O)[C@]1(C)N[C@H](c2cccs2)[C@@H]2C(=O)N(c3ccc(C)cc3)C(=O)[C@H]21. The molecule has 4 atom stereocenters. The standard InChI is InChI=1S/C20H20N2O4S/c1-11-6-8-12(9-7-11)22-17(23)14-15(18(22)24)20(2,19(25)26-3)21-16(14)13-5-4-10-27-13/h4-10,14-16,21H,1-3H3/t14-,15+,16-,20-/m1/s1. The average Bonchev–Trinajstić information content (AvgIpc) is 3.34. The molecule has 3 heterocycles. The number of nitrogens with one attached hydrogen (secondary N) is 1. The van der Waals surface area contributed by atoms with E-state index in [-0.39, 0.29) is 11.8 Å². The molecule has 4 rings (SSSR count). The lowest BCUT2D eigenvalue weighted by molar-refractivity contribution is -0.151. The molecule has 2 aliphatic rings. The first-order valence-corrected chi connectivity index (χ1v) is 9.60. The van der Waals surface area contributed by atoms with Crippen LogP contribution in [0.1, 0.15) is 23.4 Å². The Labute approximate surface area is 161 Å². The largest absolute Gasteiger partial charge is 0.468 e. The van der Waals surface area contributed by atoms with Crippen LogP contribution in [0, 0.1) is 18.8 Å². The second-order valence-corrected chi connectivity index (χ2v) is 8.16. The van der Waals surface area contributed by atoms with Gasteiger partial charge in [-0.3, -0.25) is 19.7 Å². The van der Waals surface area contributed by atoms with E-state index in [1.807, 2.05) is 36.6 Å². The highest BCUT2D eigenvalue weighted by Crippen LogP contribution is 2.50. The summed E-state index contributed by atoms with van der Waals surface area (Å²) in [5.41, 5.74) is 0.304. The van der Waals surface area contributed by atoms with Crippen LogP contribution in [0.5, 0.6) is 0 Å². The van der Waals surface area contributed by atoms with Crippen LogP contribution in [0.3, 0.4) is 0 Å². The minimum Gasteiger partial charge on any atom is -0.468 e. The van der Waals surface area contributed by atoms with Crippen LogP contribution < -0.4 is 10.2 Å². The van der Waals surface area contributed by atoms with Crippen LogP contribution in [0.15, 0.2) is 41.8 Å². The van der Waals surface area contributed by atoms with Gasteiger partial charge >= 0.3 is 5.97 Å². The Morgan fingerprint density at radius 1 is 1.19 bits per heavy atom. The van der Waals surface area contributed by atoms with Gasteiger partial charge < -0.3 is 4.74 Å². The molecular formula is C20H20N2O4S. The summed E-state index contributed by atoms with van der Waals surface area (Å²) in [6.45, 7) is 3.59. The maximum absolute atomic E-state index is 13.3. The number of carbonyl (C=O) groups is 3. The zero-order chi connectivity index (χ0) is 19.3. The molecule has 1 N–H and O–H groups in total. The Morgan fingerprint density at radius 2 is 1.89 bits per heavy atom. The number of aryl methyl sites for hydroxylation is 1. The molecule has 2 amide bonds. The van der Waals surface area contributed by atoms with Gasteiger partial charge in [0.1, 0.15) is 5.54 Å². The van der Waals surface area contributed by atoms with Crippen LogP contribution in [0.4, 0.5) is 5.69 Å². The highest BCUT2D eigenvalue weighted by Gasteiger charge is 2.67. The topological polar surface area (TPSA) is 75.7 Å². The molecule has 140 valence electrons. The van der Waals surface area contributed by atoms with E-state index in [1.165, 1.54) is 23.3 Å². The third kappa shape index (κ3) is 2.53. The molecular weight excluding hydrogens is 364 g/mol. The van der Waals surface area contributed by atoms with Crippen LogP contribution in [-0.4, -0.2) is 30.4 Å². The van der Waals surface area contributed by atoms with Crippen molar-refractivity contribution >= 4 is 34.8 Å². The maximum atomic E-state index is 13.3. The smallest absolute Gasteiger partial charge is 0.326 e. The van der Waals surface area contributed by atoms with E-state index in [0.717, 1.165) is 10.4 Å². The summed E-state index contributed by atoms with van der Waals surface area (Å²) < 4.78 is 4.97. The second-order valence-electron chi connectivity index (χ2n) is 7.18. The van der Waals surface area contributed by atoms with E-state index < -0.39 is 29.4 Å². The van der Waals surface area contributed by atoms with Gasteiger partial charge in [0.25, 0.3) is 0 Å². The van der Waals surface area contributed by atoms with Crippen molar-refractivity contribution in [1.29, 1.82) is 0 Å². The Hall–Kier alpha value is -2.51. The van der Waals surface area contributed by atoms with E-state index in [2.05, 4.69) is 5.32 Å². The molecule has 2 aromatic rings. The first-order chi connectivity index (χ1) is 12.9. The molecule has 7 heteroatoms. The summed E-state index contributed by atoms with van der Waals surface area (Å²) in [7, 11) is 1.29. The number of anilines is 1. The molecule has 0 unspecified atom stereocenters. The Kier molecular flexibility index (Phi) is 4.16. The van der Waals surface area contributed by atoms with Gasteiger partial charge in [-0.25, -0.2) is 4.90 Å². The van der Waals surface area contributed by atoms with E-state index in [4.69, 9.17) is 4.74 Å². The van der Waals surface area contributed by atoms with Crippen molar-refractivity contribution in [2.45, 2.75) is 25.4 Å². The van der Waals surface area contributed by atoms with Gasteiger partial charge in [0.2, 0.25) is 11.8 Å². The molecule has 0 radical (unpaired) electrons. The molecule has 6 nitrogen and oxygen atoms in total. The number of hydrogen-bond acceptors (Lipinski definition) is 6. The molecule has 0 bridgehead atoms. The zero-order valence-electron chi connectivity index (χ0n) is 15.3. The van der Waals surface area contributed by atoms with Gasteiger partial charge in [-0.05, 0) is 37.4 Å². The summed E-state index contributed by atoms with van der Waals surface area (Å²) in [6, 6.07) is 10.6. The van der Waals surface area contributed by atoms with E-state index in [1.54, 1.807) is 19.1 Å². The van der Waals surface area contributed by atoms with Crippen molar-refractivity contribution in [3.05, 3.63) is 52.2 Å². The van der Waals surface area contributed by atoms with Crippen molar-refractivity contribution in [2.24, 2.45) is 11.8 Å². The number of fused-ring (bicyclic) bond motifs is 1. The minimum absolute atomic E-state index is 0.285. The number of benzene rings is 1. The number of carbonyl (C=O) groups excluding carboxylic acids is 3. The van der Waals surface area contributed by atoms with Gasteiger partial charge in [-0.15, -0.1) is 11.3 Å². The number of imide groups is 1. The first kappa shape index (κ1) is 17.9. The summed E-state index contributed by atoms with van der Waals surface area (Å²) in [5, 5.41) is 5.15. The lowest BCUT2D eigenvalue weighted by atomic mass is 9.81. The Morgan fingerprint density at radius 3 is 2.48 bits per heavy atom. The minimum atomic E-state index is -1.26. The fourth-order valence-electron chi connectivity index (χ4n) is 4.20. The lowest BCUT2D eigenvalue weighted by Crippen LogP contribution is -2.54. The summed E-state index contributed by atoms with van der Waals surface area (Å²) in [6.07, 6.45) is 0. The number of nitrogens with zero attached hydrogens (tertiary/aromatic N) is 1. The monoisotopic (exact) mass is 384 g/mol. The average molecular weight is 384 g/mol. The number of methoxy groups -OCH3 is 1. The molecule has 0 spiro atoms. The van der Waals surface area contributed by atoms with Crippen molar-refractivity contribution in [2.75, 3.05) is 12.0 Å². The third-order valence-corrected chi connectivity index (χ3v) is 6.49. The van der Waals surface area contributed by atoms with Crippen molar-refractivity contribution < 1.29 is 19.1 Å². The van der Waals surface area contributed by atoms with E-state index in [9.17, 15) is 14.4 Å².